The molecule has 0 bridgehead atoms. The number of pyridine rings is 1. The Morgan fingerprint density at radius 3 is 2.93 bits per heavy atom. The van der Waals surface area contributed by atoms with Gasteiger partial charge in [-0.2, -0.15) is 0 Å². The summed E-state index contributed by atoms with van der Waals surface area (Å²) in [5.74, 6) is 0.635. The SMILES string of the molecule is [2H]C([2H])([2H])N1[C]N(C(C)(C)C)c2ncccc21. The maximum absolute atomic E-state index is 7.50. The number of rotatable bonds is 0. The van der Waals surface area contributed by atoms with Crippen molar-refractivity contribution in [1.82, 2.24) is 4.98 Å². The van der Waals surface area contributed by atoms with Gasteiger partial charge >= 0.3 is 0 Å². The third-order valence-corrected chi connectivity index (χ3v) is 2.09. The van der Waals surface area contributed by atoms with Gasteiger partial charge in [0.15, 0.2) is 5.82 Å². The van der Waals surface area contributed by atoms with E-state index in [1.807, 2.05) is 20.8 Å². The first kappa shape index (κ1) is 6.27. The molecule has 0 fully saturated rings. The zero-order chi connectivity index (χ0) is 12.8. The highest BCUT2D eigenvalue weighted by Crippen LogP contribution is 2.38. The lowest BCUT2D eigenvalue weighted by atomic mass is 10.1. The summed E-state index contributed by atoms with van der Waals surface area (Å²) in [6.07, 6.45) is 1.66. The van der Waals surface area contributed by atoms with Crippen molar-refractivity contribution < 1.29 is 4.11 Å². The molecule has 1 aromatic rings. The second-order valence-corrected chi connectivity index (χ2v) is 4.29. The zero-order valence-electron chi connectivity index (χ0n) is 11.6. The van der Waals surface area contributed by atoms with E-state index in [-0.39, 0.29) is 5.54 Å². The molecule has 1 aliphatic rings. The Morgan fingerprint density at radius 1 is 1.50 bits per heavy atom. The van der Waals surface area contributed by atoms with Crippen molar-refractivity contribution in [3.63, 3.8) is 0 Å². The molecule has 2 radical (unpaired) electrons. The predicted octanol–water partition coefficient (Wildman–Crippen LogP) is 2.13. The summed E-state index contributed by atoms with van der Waals surface area (Å²) in [6.45, 7) is 6.60. The number of nitrogens with zero attached hydrogens (tertiary/aromatic N) is 3. The van der Waals surface area contributed by atoms with Gasteiger partial charge in [-0.3, -0.25) is 0 Å². The Morgan fingerprint density at radius 2 is 2.29 bits per heavy atom. The molecular formula is C11H15N3. The molecule has 0 saturated heterocycles. The average Bonchev–Trinajstić information content (AvgIpc) is 2.55. The first-order chi connectivity index (χ1) is 7.71. The van der Waals surface area contributed by atoms with E-state index < -0.39 is 6.98 Å². The highest BCUT2D eigenvalue weighted by Gasteiger charge is 2.33. The van der Waals surface area contributed by atoms with Gasteiger partial charge in [0.2, 0.25) is 6.67 Å². The van der Waals surface area contributed by atoms with Crippen LogP contribution in [0.15, 0.2) is 18.3 Å². The lowest BCUT2D eigenvalue weighted by molar-refractivity contribution is 0.538. The molecule has 0 unspecified atom stereocenters. The molecule has 0 N–H and O–H groups in total. The average molecular weight is 192 g/mol. The van der Waals surface area contributed by atoms with Gasteiger partial charge in [0.05, 0.1) is 5.69 Å². The molecule has 0 saturated carbocycles. The van der Waals surface area contributed by atoms with Crippen LogP contribution in [0, 0.1) is 6.67 Å². The number of aromatic nitrogens is 1. The van der Waals surface area contributed by atoms with Crippen LogP contribution < -0.4 is 9.80 Å². The zero-order valence-corrected chi connectivity index (χ0v) is 8.57. The molecule has 0 amide bonds. The van der Waals surface area contributed by atoms with Crippen LogP contribution in [-0.2, 0) is 0 Å². The van der Waals surface area contributed by atoms with E-state index in [0.29, 0.717) is 11.5 Å². The van der Waals surface area contributed by atoms with Crippen LogP contribution in [0.4, 0.5) is 11.5 Å². The highest BCUT2D eigenvalue weighted by atomic mass is 15.4. The fourth-order valence-electron chi connectivity index (χ4n) is 1.40. The van der Waals surface area contributed by atoms with E-state index in [1.165, 1.54) is 4.90 Å². The molecule has 0 spiro atoms. The number of hydrogen-bond donors (Lipinski definition) is 0. The van der Waals surface area contributed by atoms with Crippen LogP contribution in [0.1, 0.15) is 24.9 Å². The Hall–Kier alpha value is -1.25. The maximum Gasteiger partial charge on any atom is 0.210 e. The molecule has 1 aromatic heterocycles. The molecule has 14 heavy (non-hydrogen) atoms. The van der Waals surface area contributed by atoms with Crippen molar-refractivity contribution in [1.29, 1.82) is 0 Å². The largest absolute Gasteiger partial charge is 0.341 e. The van der Waals surface area contributed by atoms with Crippen LogP contribution in [0.2, 0.25) is 0 Å². The third kappa shape index (κ3) is 1.33. The minimum absolute atomic E-state index is 0.261. The number of anilines is 2. The van der Waals surface area contributed by atoms with Crippen LogP contribution in [0.5, 0.6) is 0 Å². The van der Waals surface area contributed by atoms with Gasteiger partial charge in [-0.1, -0.05) is 0 Å². The summed E-state index contributed by atoms with van der Waals surface area (Å²) < 4.78 is 22.5. The van der Waals surface area contributed by atoms with Gasteiger partial charge in [0.1, 0.15) is 0 Å². The molecule has 0 atom stereocenters. The fraction of sp³-hybridized carbons (Fsp3) is 0.455. The quantitative estimate of drug-likeness (QED) is 0.627. The lowest BCUT2D eigenvalue weighted by Gasteiger charge is -2.31. The number of fused-ring (bicyclic) bond motifs is 1. The Bertz CT molecular complexity index is 384. The molecule has 0 aromatic carbocycles. The van der Waals surface area contributed by atoms with Crippen molar-refractivity contribution in [2.24, 2.45) is 0 Å². The summed E-state index contributed by atoms with van der Waals surface area (Å²) in [7, 11) is 0. The third-order valence-electron chi connectivity index (χ3n) is 2.09. The monoisotopic (exact) mass is 192 g/mol. The normalized spacial score (nSPS) is 20.1. The molecule has 2 rings (SSSR count). The minimum atomic E-state index is -2.24. The van der Waals surface area contributed by atoms with Crippen molar-refractivity contribution in [2.45, 2.75) is 26.3 Å². The summed E-state index contributed by atoms with van der Waals surface area (Å²) >= 11 is 0. The summed E-state index contributed by atoms with van der Waals surface area (Å²) in [6, 6.07) is 3.47. The van der Waals surface area contributed by atoms with Gasteiger partial charge < -0.3 is 9.80 Å². The summed E-state index contributed by atoms with van der Waals surface area (Å²) in [5.41, 5.74) is 0.311. The first-order valence-corrected chi connectivity index (χ1v) is 4.53. The molecule has 0 aliphatic carbocycles. The Balaban J connectivity index is 2.47. The molecule has 1 aliphatic heterocycles. The predicted molar refractivity (Wildman–Crippen MR) is 58.1 cm³/mol. The van der Waals surface area contributed by atoms with E-state index in [0.717, 1.165) is 0 Å². The van der Waals surface area contributed by atoms with Crippen molar-refractivity contribution >= 4 is 11.5 Å². The summed E-state index contributed by atoms with van der Waals surface area (Å²) in [4.78, 5) is 7.17. The molecular weight excluding hydrogens is 174 g/mol. The Labute approximate surface area is 89.6 Å². The smallest absolute Gasteiger partial charge is 0.210 e. The minimum Gasteiger partial charge on any atom is -0.341 e. The van der Waals surface area contributed by atoms with Gasteiger partial charge in [-0.15, -0.1) is 0 Å². The van der Waals surface area contributed by atoms with Crippen LogP contribution >= 0.6 is 0 Å². The van der Waals surface area contributed by atoms with E-state index in [1.54, 1.807) is 23.2 Å². The van der Waals surface area contributed by atoms with Gasteiger partial charge in [-0.05, 0) is 32.9 Å². The molecule has 74 valence electrons. The highest BCUT2D eigenvalue weighted by molar-refractivity contribution is 5.75. The summed E-state index contributed by atoms with van der Waals surface area (Å²) in [5, 5.41) is 0. The van der Waals surface area contributed by atoms with E-state index in [9.17, 15) is 0 Å². The van der Waals surface area contributed by atoms with Crippen LogP contribution in [0.25, 0.3) is 0 Å². The van der Waals surface area contributed by atoms with E-state index >= 15 is 0 Å². The second kappa shape index (κ2) is 2.87. The van der Waals surface area contributed by atoms with Crippen LogP contribution in [-0.4, -0.2) is 17.5 Å². The van der Waals surface area contributed by atoms with Gasteiger partial charge in [-0.25, -0.2) is 4.98 Å². The van der Waals surface area contributed by atoms with Crippen molar-refractivity contribution in [2.75, 3.05) is 16.8 Å². The van der Waals surface area contributed by atoms with Gasteiger partial charge in [0.25, 0.3) is 0 Å². The molecule has 3 nitrogen and oxygen atoms in total. The second-order valence-electron chi connectivity index (χ2n) is 4.29. The van der Waals surface area contributed by atoms with E-state index in [4.69, 9.17) is 4.11 Å². The number of hydrogen-bond acceptors (Lipinski definition) is 3. The molecule has 2 heterocycles. The lowest BCUT2D eigenvalue weighted by Crippen LogP contribution is -2.39. The standard InChI is InChI=1S/C11H15N3/c1-11(2,3)14-8-13(4)9-6-5-7-12-10(9)14/h5-7H,1-4H3/i4D3. The van der Waals surface area contributed by atoms with Crippen molar-refractivity contribution in [3.8, 4) is 0 Å². The first-order valence-electron chi connectivity index (χ1n) is 6.03. The maximum atomic E-state index is 7.50. The molecule has 3 heteroatoms. The topological polar surface area (TPSA) is 19.4 Å². The van der Waals surface area contributed by atoms with Gasteiger partial charge in [0, 0.05) is 22.8 Å². The van der Waals surface area contributed by atoms with Crippen molar-refractivity contribution in [3.05, 3.63) is 25.0 Å². The Kier molecular flexibility index (Phi) is 1.29. The fourth-order valence-corrected chi connectivity index (χ4v) is 1.40. The van der Waals surface area contributed by atoms with E-state index in [2.05, 4.69) is 11.7 Å². The van der Waals surface area contributed by atoms with Crippen LogP contribution in [0.3, 0.4) is 0 Å².